The third kappa shape index (κ3) is 7.34. The van der Waals surface area contributed by atoms with Crippen molar-refractivity contribution in [3.05, 3.63) is 30.1 Å². The molecule has 6 nitrogen and oxygen atoms in total. The molecule has 0 saturated carbocycles. The predicted molar refractivity (Wildman–Crippen MR) is 108 cm³/mol. The van der Waals surface area contributed by atoms with Gasteiger partial charge in [0.25, 0.3) is 0 Å². The van der Waals surface area contributed by atoms with Gasteiger partial charge in [0, 0.05) is 45.0 Å². The highest BCUT2D eigenvalue weighted by Crippen LogP contribution is 2.17. The second kappa shape index (κ2) is 11.1. The topological polar surface area (TPSA) is 60.3 Å². The zero-order valence-electron chi connectivity index (χ0n) is 16.7. The van der Waals surface area contributed by atoms with Gasteiger partial charge in [0.1, 0.15) is 5.82 Å². The Morgan fingerprint density at radius 1 is 1.19 bits per heavy atom. The Hall–Kier alpha value is -1.86. The predicted octanol–water partition coefficient (Wildman–Crippen LogP) is 1.95. The number of nitrogens with one attached hydrogen (secondary N) is 1. The van der Waals surface area contributed by atoms with Gasteiger partial charge in [-0.1, -0.05) is 13.8 Å². The SMILES string of the molecule is CCNC(=NCC(O)COCC(C)C)N1CCN(c2ccc(F)cc2)CC1. The number of nitrogens with zero attached hydrogens (tertiary/aromatic N) is 3. The van der Waals surface area contributed by atoms with Crippen LogP contribution in [0.3, 0.4) is 0 Å². The molecule has 0 spiro atoms. The second-order valence-electron chi connectivity index (χ2n) is 7.23. The molecule has 0 radical (unpaired) electrons. The fourth-order valence-corrected chi connectivity index (χ4v) is 2.94. The number of guanidine groups is 1. The number of aliphatic hydroxyl groups is 1. The largest absolute Gasteiger partial charge is 0.389 e. The van der Waals surface area contributed by atoms with E-state index in [-0.39, 0.29) is 5.82 Å². The van der Waals surface area contributed by atoms with Crippen molar-refractivity contribution < 1.29 is 14.2 Å². The van der Waals surface area contributed by atoms with Crippen LogP contribution in [-0.4, -0.2) is 74.6 Å². The first-order valence-corrected chi connectivity index (χ1v) is 9.79. The van der Waals surface area contributed by atoms with Crippen LogP contribution in [0.5, 0.6) is 0 Å². The van der Waals surface area contributed by atoms with Gasteiger partial charge < -0.3 is 25.0 Å². The molecule has 1 unspecified atom stereocenters. The lowest BCUT2D eigenvalue weighted by molar-refractivity contribution is 0.0300. The zero-order valence-corrected chi connectivity index (χ0v) is 16.7. The average Bonchev–Trinajstić information content (AvgIpc) is 2.66. The van der Waals surface area contributed by atoms with Crippen LogP contribution in [0.15, 0.2) is 29.3 Å². The van der Waals surface area contributed by atoms with Gasteiger partial charge in [-0.05, 0) is 37.1 Å². The number of hydrogen-bond acceptors (Lipinski definition) is 4. The van der Waals surface area contributed by atoms with Crippen LogP contribution in [0.4, 0.5) is 10.1 Å². The van der Waals surface area contributed by atoms with Gasteiger partial charge in [0.2, 0.25) is 0 Å². The standard InChI is InChI=1S/C20H33FN4O2/c1-4-22-20(23-13-19(26)15-27-14-16(2)3)25-11-9-24(10-12-25)18-7-5-17(21)6-8-18/h5-8,16,19,26H,4,9-15H2,1-3H3,(H,22,23). The van der Waals surface area contributed by atoms with Crippen LogP contribution >= 0.6 is 0 Å². The van der Waals surface area contributed by atoms with E-state index in [9.17, 15) is 9.50 Å². The van der Waals surface area contributed by atoms with Crippen molar-refractivity contribution in [2.75, 3.05) is 57.4 Å². The molecule has 1 atom stereocenters. The first kappa shape index (κ1) is 21.4. The lowest BCUT2D eigenvalue weighted by Gasteiger charge is -2.37. The van der Waals surface area contributed by atoms with Crippen LogP contribution < -0.4 is 10.2 Å². The lowest BCUT2D eigenvalue weighted by atomic mass is 10.2. The molecule has 1 aliphatic heterocycles. The Kier molecular flexibility index (Phi) is 8.81. The molecule has 0 aromatic heterocycles. The number of hydrogen-bond donors (Lipinski definition) is 2. The number of rotatable bonds is 8. The summed E-state index contributed by atoms with van der Waals surface area (Å²) in [6.07, 6.45) is -0.599. The third-order valence-corrected chi connectivity index (χ3v) is 4.32. The molecule has 2 rings (SSSR count). The average molecular weight is 381 g/mol. The first-order chi connectivity index (χ1) is 13.0. The van der Waals surface area contributed by atoms with E-state index in [0.717, 1.165) is 44.4 Å². The van der Waals surface area contributed by atoms with E-state index < -0.39 is 6.10 Å². The molecule has 1 aromatic carbocycles. The summed E-state index contributed by atoms with van der Waals surface area (Å²) < 4.78 is 18.6. The van der Waals surface area contributed by atoms with E-state index in [1.807, 2.05) is 19.1 Å². The van der Waals surface area contributed by atoms with Gasteiger partial charge >= 0.3 is 0 Å². The Balaban J connectivity index is 1.84. The van der Waals surface area contributed by atoms with Gasteiger partial charge in [-0.3, -0.25) is 4.99 Å². The Morgan fingerprint density at radius 2 is 1.85 bits per heavy atom. The number of aliphatic hydroxyl groups excluding tert-OH is 1. The molecule has 1 fully saturated rings. The summed E-state index contributed by atoms with van der Waals surface area (Å²) in [4.78, 5) is 9.02. The molecule has 2 N–H and O–H groups in total. The van der Waals surface area contributed by atoms with Crippen LogP contribution in [0.25, 0.3) is 0 Å². The molecule has 27 heavy (non-hydrogen) atoms. The molecular weight excluding hydrogens is 347 g/mol. The molecule has 1 aromatic rings. The number of aliphatic imine (C=N–C) groups is 1. The maximum absolute atomic E-state index is 13.1. The Morgan fingerprint density at radius 3 is 2.44 bits per heavy atom. The van der Waals surface area contributed by atoms with Crippen molar-refractivity contribution in [2.45, 2.75) is 26.9 Å². The molecule has 1 heterocycles. The molecule has 0 bridgehead atoms. The van der Waals surface area contributed by atoms with Crippen molar-refractivity contribution in [3.8, 4) is 0 Å². The molecule has 152 valence electrons. The fourth-order valence-electron chi connectivity index (χ4n) is 2.94. The highest BCUT2D eigenvalue weighted by molar-refractivity contribution is 5.80. The van der Waals surface area contributed by atoms with E-state index in [0.29, 0.717) is 25.7 Å². The van der Waals surface area contributed by atoms with Crippen molar-refractivity contribution in [1.82, 2.24) is 10.2 Å². The number of benzene rings is 1. The molecule has 1 saturated heterocycles. The quantitative estimate of drug-likeness (QED) is 0.533. The number of ether oxygens (including phenoxy) is 1. The minimum Gasteiger partial charge on any atom is -0.389 e. The van der Waals surface area contributed by atoms with Crippen molar-refractivity contribution >= 4 is 11.6 Å². The van der Waals surface area contributed by atoms with E-state index in [2.05, 4.69) is 34.0 Å². The van der Waals surface area contributed by atoms with Crippen molar-refractivity contribution in [3.63, 3.8) is 0 Å². The van der Waals surface area contributed by atoms with Gasteiger partial charge in [-0.15, -0.1) is 0 Å². The monoisotopic (exact) mass is 380 g/mol. The van der Waals surface area contributed by atoms with Crippen LogP contribution in [0.1, 0.15) is 20.8 Å². The minimum atomic E-state index is -0.599. The summed E-state index contributed by atoms with van der Waals surface area (Å²) in [5, 5.41) is 13.4. The number of halogens is 1. The molecule has 7 heteroatoms. The third-order valence-electron chi connectivity index (χ3n) is 4.32. The van der Waals surface area contributed by atoms with Crippen molar-refractivity contribution in [1.29, 1.82) is 0 Å². The smallest absolute Gasteiger partial charge is 0.194 e. The van der Waals surface area contributed by atoms with Gasteiger partial charge in [0.05, 0.1) is 19.3 Å². The summed E-state index contributed by atoms with van der Waals surface area (Å²) in [5.74, 6) is 1.06. The van der Waals surface area contributed by atoms with E-state index in [4.69, 9.17) is 4.74 Å². The Labute approximate surface area is 162 Å². The maximum Gasteiger partial charge on any atom is 0.194 e. The van der Waals surface area contributed by atoms with E-state index in [1.165, 1.54) is 12.1 Å². The zero-order chi connectivity index (χ0) is 19.6. The summed E-state index contributed by atoms with van der Waals surface area (Å²) >= 11 is 0. The summed E-state index contributed by atoms with van der Waals surface area (Å²) in [5.41, 5.74) is 1.04. The van der Waals surface area contributed by atoms with Crippen LogP contribution in [0.2, 0.25) is 0 Å². The first-order valence-electron chi connectivity index (χ1n) is 9.79. The highest BCUT2D eigenvalue weighted by atomic mass is 19.1. The summed E-state index contributed by atoms with van der Waals surface area (Å²) in [7, 11) is 0. The van der Waals surface area contributed by atoms with Crippen LogP contribution in [-0.2, 0) is 4.74 Å². The summed E-state index contributed by atoms with van der Waals surface area (Å²) in [6.45, 7) is 11.6. The maximum atomic E-state index is 13.1. The Bertz CT molecular complexity index is 572. The second-order valence-corrected chi connectivity index (χ2v) is 7.23. The van der Waals surface area contributed by atoms with E-state index in [1.54, 1.807) is 0 Å². The molecule has 0 aliphatic carbocycles. The number of anilines is 1. The van der Waals surface area contributed by atoms with E-state index >= 15 is 0 Å². The summed E-state index contributed by atoms with van der Waals surface area (Å²) in [6, 6.07) is 6.63. The number of piperazine rings is 1. The fraction of sp³-hybridized carbons (Fsp3) is 0.650. The molecular formula is C20H33FN4O2. The highest BCUT2D eigenvalue weighted by Gasteiger charge is 2.20. The van der Waals surface area contributed by atoms with Crippen molar-refractivity contribution in [2.24, 2.45) is 10.9 Å². The lowest BCUT2D eigenvalue weighted by Crippen LogP contribution is -2.52. The van der Waals surface area contributed by atoms with Gasteiger partial charge in [0.15, 0.2) is 5.96 Å². The minimum absolute atomic E-state index is 0.213. The van der Waals surface area contributed by atoms with Gasteiger partial charge in [-0.2, -0.15) is 0 Å². The van der Waals surface area contributed by atoms with Gasteiger partial charge in [-0.25, -0.2) is 4.39 Å². The molecule has 0 amide bonds. The normalized spacial score (nSPS) is 16.7. The van der Waals surface area contributed by atoms with Crippen LogP contribution in [0, 0.1) is 11.7 Å². The molecule has 1 aliphatic rings.